The summed E-state index contributed by atoms with van der Waals surface area (Å²) in [7, 11) is 0. The van der Waals surface area contributed by atoms with E-state index < -0.39 is 31.1 Å². The highest BCUT2D eigenvalue weighted by molar-refractivity contribution is 6.33. The molecule has 0 aliphatic carbocycles. The second-order valence-corrected chi connectivity index (χ2v) is 4.78. The van der Waals surface area contributed by atoms with Crippen molar-refractivity contribution in [1.82, 2.24) is 19.5 Å². The van der Waals surface area contributed by atoms with Crippen molar-refractivity contribution in [3.63, 3.8) is 0 Å². The molecule has 0 spiro atoms. The number of rotatable bonds is 2. The van der Waals surface area contributed by atoms with Crippen LogP contribution in [0, 0.1) is 0 Å². The van der Waals surface area contributed by atoms with Gasteiger partial charge in [-0.3, -0.25) is 4.57 Å². The quantitative estimate of drug-likeness (QED) is 0.500. The first kappa shape index (κ1) is 13.5. The van der Waals surface area contributed by atoms with Gasteiger partial charge in [0.05, 0.1) is 12.9 Å². The molecule has 1 aliphatic rings. The van der Waals surface area contributed by atoms with Crippen LogP contribution in [0.15, 0.2) is 6.33 Å². The Bertz CT molecular complexity index is 650. The summed E-state index contributed by atoms with van der Waals surface area (Å²) in [5, 5.41) is 28.9. The molecule has 1 saturated heterocycles. The number of halogens is 1. The number of nitrogens with zero attached hydrogens (tertiary/aromatic N) is 4. The molecule has 1 aliphatic heterocycles. The van der Waals surface area contributed by atoms with E-state index in [0.717, 1.165) is 0 Å². The topological polar surface area (TPSA) is 140 Å². The van der Waals surface area contributed by atoms with Crippen LogP contribution in [-0.2, 0) is 4.74 Å². The summed E-state index contributed by atoms with van der Waals surface area (Å²) in [5.41, 5.74) is 6.11. The summed E-state index contributed by atoms with van der Waals surface area (Å²) in [5.74, 6) is -0.0454. The molecule has 0 unspecified atom stereocenters. The molecule has 0 aromatic carbocycles. The standard InChI is InChI=1S/C10H12ClN5O4/c11-7-4-8(15-10(12)14-7)16(2-13-4)9-6(19)5(18)3(1-17)20-9/h2-3,5-6,9,17-19H,1H2,(H2,12,14,15)/t3-,5+,6+,9+/m0/s1. The summed E-state index contributed by atoms with van der Waals surface area (Å²) in [6.07, 6.45) is -2.93. The Morgan fingerprint density at radius 1 is 1.35 bits per heavy atom. The van der Waals surface area contributed by atoms with Crippen molar-refractivity contribution in [3.05, 3.63) is 11.5 Å². The second-order valence-electron chi connectivity index (χ2n) is 4.43. The smallest absolute Gasteiger partial charge is 0.223 e. The molecule has 108 valence electrons. The minimum Gasteiger partial charge on any atom is -0.394 e. The van der Waals surface area contributed by atoms with E-state index in [9.17, 15) is 10.2 Å². The minimum atomic E-state index is -1.24. The van der Waals surface area contributed by atoms with Gasteiger partial charge in [0.1, 0.15) is 23.8 Å². The lowest BCUT2D eigenvalue weighted by Gasteiger charge is -2.16. The van der Waals surface area contributed by atoms with E-state index in [1.807, 2.05) is 0 Å². The zero-order valence-electron chi connectivity index (χ0n) is 10.1. The maximum Gasteiger partial charge on any atom is 0.223 e. The minimum absolute atomic E-state index is 0.0454. The molecule has 1 fully saturated rings. The Morgan fingerprint density at radius 2 is 2.10 bits per heavy atom. The molecule has 2 aromatic rings. The van der Waals surface area contributed by atoms with E-state index in [-0.39, 0.29) is 16.7 Å². The van der Waals surface area contributed by atoms with E-state index >= 15 is 0 Å². The van der Waals surface area contributed by atoms with Crippen molar-refractivity contribution in [2.75, 3.05) is 12.3 Å². The molecule has 20 heavy (non-hydrogen) atoms. The molecular formula is C10H12ClN5O4. The highest BCUT2D eigenvalue weighted by Crippen LogP contribution is 2.32. The predicted molar refractivity (Wildman–Crippen MR) is 67.8 cm³/mol. The molecule has 0 bridgehead atoms. The van der Waals surface area contributed by atoms with Gasteiger partial charge in [0, 0.05) is 0 Å². The van der Waals surface area contributed by atoms with Crippen molar-refractivity contribution < 1.29 is 20.1 Å². The van der Waals surface area contributed by atoms with Gasteiger partial charge in [0.15, 0.2) is 17.0 Å². The summed E-state index contributed by atoms with van der Waals surface area (Å²) in [4.78, 5) is 11.8. The number of ether oxygens (including phenoxy) is 1. The van der Waals surface area contributed by atoms with Gasteiger partial charge < -0.3 is 25.8 Å². The van der Waals surface area contributed by atoms with Gasteiger partial charge in [0.25, 0.3) is 0 Å². The first-order valence-corrected chi connectivity index (χ1v) is 6.18. The van der Waals surface area contributed by atoms with Gasteiger partial charge in [-0.15, -0.1) is 0 Å². The predicted octanol–water partition coefficient (Wildman–Crippen LogP) is -1.33. The second kappa shape index (κ2) is 4.79. The Morgan fingerprint density at radius 3 is 2.75 bits per heavy atom. The van der Waals surface area contributed by atoms with Crippen molar-refractivity contribution in [3.8, 4) is 0 Å². The van der Waals surface area contributed by atoms with Crippen LogP contribution in [0.3, 0.4) is 0 Å². The van der Waals surface area contributed by atoms with E-state index in [4.69, 9.17) is 27.2 Å². The fourth-order valence-electron chi connectivity index (χ4n) is 2.19. The van der Waals surface area contributed by atoms with Gasteiger partial charge in [-0.1, -0.05) is 11.6 Å². The summed E-state index contributed by atoms with van der Waals surface area (Å²) in [6.45, 7) is -0.417. The lowest BCUT2D eigenvalue weighted by molar-refractivity contribution is -0.0511. The van der Waals surface area contributed by atoms with Crippen LogP contribution >= 0.6 is 11.6 Å². The number of aromatic nitrogens is 4. The van der Waals surface area contributed by atoms with Crippen LogP contribution in [-0.4, -0.2) is 59.8 Å². The first-order valence-electron chi connectivity index (χ1n) is 5.81. The molecule has 5 N–H and O–H groups in total. The molecule has 0 saturated carbocycles. The molecule has 9 nitrogen and oxygen atoms in total. The zero-order valence-corrected chi connectivity index (χ0v) is 10.8. The third-order valence-corrected chi connectivity index (χ3v) is 3.45. The van der Waals surface area contributed by atoms with Crippen molar-refractivity contribution in [2.24, 2.45) is 0 Å². The number of hydrogen-bond acceptors (Lipinski definition) is 8. The summed E-state index contributed by atoms with van der Waals surface area (Å²) in [6, 6.07) is 0. The van der Waals surface area contributed by atoms with Crippen molar-refractivity contribution in [1.29, 1.82) is 0 Å². The third kappa shape index (κ3) is 1.91. The number of imidazole rings is 1. The fraction of sp³-hybridized carbons (Fsp3) is 0.500. The average Bonchev–Trinajstić information content (AvgIpc) is 2.93. The Labute approximate surface area is 117 Å². The molecule has 4 atom stereocenters. The largest absolute Gasteiger partial charge is 0.394 e. The first-order chi connectivity index (χ1) is 9.52. The van der Waals surface area contributed by atoms with Gasteiger partial charge in [-0.2, -0.15) is 9.97 Å². The summed E-state index contributed by atoms with van der Waals surface area (Å²) >= 11 is 5.90. The van der Waals surface area contributed by atoms with Crippen LogP contribution in [0.1, 0.15) is 6.23 Å². The van der Waals surface area contributed by atoms with Crippen molar-refractivity contribution in [2.45, 2.75) is 24.5 Å². The van der Waals surface area contributed by atoms with Crippen LogP contribution in [0.4, 0.5) is 5.95 Å². The maximum atomic E-state index is 9.99. The average molecular weight is 302 g/mol. The van der Waals surface area contributed by atoms with Crippen LogP contribution < -0.4 is 5.73 Å². The number of anilines is 1. The van der Waals surface area contributed by atoms with Crippen LogP contribution in [0.25, 0.3) is 11.2 Å². The summed E-state index contributed by atoms with van der Waals surface area (Å²) < 4.78 is 6.79. The molecule has 3 heterocycles. The Hall–Kier alpha value is -1.52. The van der Waals surface area contributed by atoms with E-state index in [1.165, 1.54) is 10.9 Å². The number of nitrogen functional groups attached to an aromatic ring is 1. The van der Waals surface area contributed by atoms with E-state index in [0.29, 0.717) is 5.52 Å². The zero-order chi connectivity index (χ0) is 14.4. The lowest BCUT2D eigenvalue weighted by atomic mass is 10.1. The SMILES string of the molecule is Nc1nc(Cl)c2ncn([C@@H]3O[C@@H](CO)[C@@H](O)[C@H]3O)c2n1. The molecule has 0 radical (unpaired) electrons. The van der Waals surface area contributed by atoms with E-state index in [2.05, 4.69) is 15.0 Å². The number of aliphatic hydroxyl groups is 3. The monoisotopic (exact) mass is 301 g/mol. The van der Waals surface area contributed by atoms with Gasteiger partial charge in [0.2, 0.25) is 5.95 Å². The normalized spacial score (nSPS) is 30.2. The van der Waals surface area contributed by atoms with Crippen LogP contribution in [0.2, 0.25) is 5.15 Å². The Kier molecular flexibility index (Phi) is 3.22. The molecule has 0 amide bonds. The highest BCUT2D eigenvalue weighted by atomic mass is 35.5. The fourth-order valence-corrected chi connectivity index (χ4v) is 2.41. The number of aliphatic hydroxyl groups excluding tert-OH is 3. The van der Waals surface area contributed by atoms with Gasteiger partial charge in [-0.25, -0.2) is 4.98 Å². The third-order valence-electron chi connectivity index (χ3n) is 3.19. The van der Waals surface area contributed by atoms with Gasteiger partial charge >= 0.3 is 0 Å². The highest BCUT2D eigenvalue weighted by Gasteiger charge is 2.44. The molecule has 10 heteroatoms. The number of nitrogens with two attached hydrogens (primary N) is 1. The molecule has 2 aromatic heterocycles. The molecular weight excluding hydrogens is 290 g/mol. The number of hydrogen-bond donors (Lipinski definition) is 4. The lowest BCUT2D eigenvalue weighted by Crippen LogP contribution is -2.33. The van der Waals surface area contributed by atoms with Crippen LogP contribution in [0.5, 0.6) is 0 Å². The number of fused-ring (bicyclic) bond motifs is 1. The molecule has 3 rings (SSSR count). The van der Waals surface area contributed by atoms with Crippen molar-refractivity contribution >= 4 is 28.7 Å². The maximum absolute atomic E-state index is 9.99. The van der Waals surface area contributed by atoms with E-state index in [1.54, 1.807) is 0 Å². The van der Waals surface area contributed by atoms with Gasteiger partial charge in [-0.05, 0) is 0 Å². The Balaban J connectivity index is 2.07.